The second-order valence-corrected chi connectivity index (χ2v) is 4.50. The van der Waals surface area contributed by atoms with E-state index in [-0.39, 0.29) is 0 Å². The fraction of sp³-hybridized carbons (Fsp3) is 1.00. The molecule has 2 fully saturated rings. The predicted molar refractivity (Wildman–Crippen MR) is 55.3 cm³/mol. The molecule has 2 unspecified atom stereocenters. The van der Waals surface area contributed by atoms with E-state index in [1.54, 1.807) is 0 Å². The zero-order chi connectivity index (χ0) is 9.80. The fourth-order valence-corrected chi connectivity index (χ4v) is 1.97. The van der Waals surface area contributed by atoms with Gasteiger partial charge in [-0.3, -0.25) is 0 Å². The first-order valence-corrected chi connectivity index (χ1v) is 5.73. The van der Waals surface area contributed by atoms with Gasteiger partial charge < -0.3 is 14.8 Å². The quantitative estimate of drug-likeness (QED) is 0.693. The van der Waals surface area contributed by atoms with Crippen molar-refractivity contribution < 1.29 is 9.47 Å². The van der Waals surface area contributed by atoms with E-state index in [9.17, 15) is 0 Å². The molecule has 0 aromatic carbocycles. The molecule has 1 aliphatic heterocycles. The summed E-state index contributed by atoms with van der Waals surface area (Å²) >= 11 is 0. The van der Waals surface area contributed by atoms with Crippen LogP contribution in [0.25, 0.3) is 0 Å². The third kappa shape index (κ3) is 2.94. The molecule has 3 nitrogen and oxygen atoms in total. The second-order valence-electron chi connectivity index (χ2n) is 4.50. The number of hydrogen-bond acceptors (Lipinski definition) is 3. The lowest BCUT2D eigenvalue weighted by molar-refractivity contribution is 0.0831. The van der Waals surface area contributed by atoms with E-state index in [1.807, 2.05) is 7.05 Å². The Morgan fingerprint density at radius 1 is 1.43 bits per heavy atom. The molecule has 0 aromatic heterocycles. The summed E-state index contributed by atoms with van der Waals surface area (Å²) in [6.45, 7) is 3.64. The van der Waals surface area contributed by atoms with Gasteiger partial charge in [0.05, 0.1) is 13.2 Å². The smallest absolute Gasteiger partial charge is 0.0623 e. The van der Waals surface area contributed by atoms with E-state index >= 15 is 0 Å². The Labute approximate surface area is 86.2 Å². The molecule has 1 aliphatic carbocycles. The summed E-state index contributed by atoms with van der Waals surface area (Å²) in [5.41, 5.74) is 0. The van der Waals surface area contributed by atoms with E-state index in [0.717, 1.165) is 32.3 Å². The zero-order valence-electron chi connectivity index (χ0n) is 9.00. The Morgan fingerprint density at radius 3 is 2.86 bits per heavy atom. The molecule has 0 bridgehead atoms. The summed E-state index contributed by atoms with van der Waals surface area (Å²) in [6, 6.07) is 0.483. The minimum absolute atomic E-state index is 0.483. The summed E-state index contributed by atoms with van der Waals surface area (Å²) in [6.07, 6.45) is 3.92. The lowest BCUT2D eigenvalue weighted by atomic mass is 10.0. The average Bonchev–Trinajstić information content (AvgIpc) is 2.86. The Kier molecular flexibility index (Phi) is 3.79. The second kappa shape index (κ2) is 5.10. The van der Waals surface area contributed by atoms with Crippen LogP contribution in [0.5, 0.6) is 0 Å². The Morgan fingerprint density at radius 2 is 2.29 bits per heavy atom. The van der Waals surface area contributed by atoms with Crippen molar-refractivity contribution in [1.82, 2.24) is 5.32 Å². The maximum absolute atomic E-state index is 5.70. The van der Waals surface area contributed by atoms with Gasteiger partial charge in [0.25, 0.3) is 0 Å². The van der Waals surface area contributed by atoms with Crippen LogP contribution in [-0.4, -0.2) is 39.5 Å². The maximum Gasteiger partial charge on any atom is 0.0623 e. The van der Waals surface area contributed by atoms with Gasteiger partial charge in [0, 0.05) is 25.2 Å². The molecule has 1 saturated heterocycles. The van der Waals surface area contributed by atoms with Crippen LogP contribution < -0.4 is 5.32 Å². The van der Waals surface area contributed by atoms with Gasteiger partial charge in [-0.25, -0.2) is 0 Å². The van der Waals surface area contributed by atoms with Crippen LogP contribution in [-0.2, 0) is 9.47 Å². The standard InChI is InChI=1S/C11H21NO2/c1-12-11(10-4-5-13-7-10)8-14-6-9-2-3-9/h9-12H,2-8H2,1H3. The third-order valence-corrected chi connectivity index (χ3v) is 3.25. The van der Waals surface area contributed by atoms with Gasteiger partial charge in [0.2, 0.25) is 0 Å². The van der Waals surface area contributed by atoms with Crippen LogP contribution in [0.1, 0.15) is 19.3 Å². The summed E-state index contributed by atoms with van der Waals surface area (Å²) in [7, 11) is 2.02. The van der Waals surface area contributed by atoms with Gasteiger partial charge in [-0.15, -0.1) is 0 Å². The summed E-state index contributed by atoms with van der Waals surface area (Å²) in [5.74, 6) is 1.52. The van der Waals surface area contributed by atoms with Crippen molar-refractivity contribution in [3.05, 3.63) is 0 Å². The molecule has 3 heteroatoms. The van der Waals surface area contributed by atoms with Crippen LogP contribution in [0.15, 0.2) is 0 Å². The number of rotatable bonds is 6. The summed E-state index contributed by atoms with van der Waals surface area (Å²) in [5, 5.41) is 3.33. The van der Waals surface area contributed by atoms with E-state index in [4.69, 9.17) is 9.47 Å². The van der Waals surface area contributed by atoms with Gasteiger partial charge in [0.15, 0.2) is 0 Å². The van der Waals surface area contributed by atoms with E-state index in [2.05, 4.69) is 5.32 Å². The average molecular weight is 199 g/mol. The van der Waals surface area contributed by atoms with Gasteiger partial charge in [-0.2, -0.15) is 0 Å². The Balaban J connectivity index is 1.63. The Bertz CT molecular complexity index is 165. The van der Waals surface area contributed by atoms with E-state index in [1.165, 1.54) is 19.3 Å². The SMILES string of the molecule is CNC(COCC1CC1)C1CCOC1. The lowest BCUT2D eigenvalue weighted by Gasteiger charge is -2.21. The van der Waals surface area contributed by atoms with E-state index in [0.29, 0.717) is 12.0 Å². The molecule has 2 aliphatic rings. The fourth-order valence-electron chi connectivity index (χ4n) is 1.97. The van der Waals surface area contributed by atoms with Crippen LogP contribution in [0.2, 0.25) is 0 Å². The molecule has 0 radical (unpaired) electrons. The molecular formula is C11H21NO2. The molecule has 1 saturated carbocycles. The molecule has 0 spiro atoms. The topological polar surface area (TPSA) is 30.5 Å². The molecule has 1 N–H and O–H groups in total. The van der Waals surface area contributed by atoms with Crippen molar-refractivity contribution in [2.24, 2.45) is 11.8 Å². The first kappa shape index (κ1) is 10.4. The van der Waals surface area contributed by atoms with Gasteiger partial charge in [0.1, 0.15) is 0 Å². The zero-order valence-corrected chi connectivity index (χ0v) is 9.00. The molecule has 14 heavy (non-hydrogen) atoms. The minimum Gasteiger partial charge on any atom is -0.381 e. The minimum atomic E-state index is 0.483. The first-order valence-electron chi connectivity index (χ1n) is 5.73. The normalized spacial score (nSPS) is 29.4. The number of likely N-dealkylation sites (N-methyl/N-ethyl adjacent to an activating group) is 1. The summed E-state index contributed by atoms with van der Waals surface area (Å²) in [4.78, 5) is 0. The van der Waals surface area contributed by atoms with Crippen molar-refractivity contribution >= 4 is 0 Å². The molecule has 2 atom stereocenters. The van der Waals surface area contributed by atoms with Crippen LogP contribution >= 0.6 is 0 Å². The predicted octanol–water partition coefficient (Wildman–Crippen LogP) is 1.04. The van der Waals surface area contributed by atoms with Crippen molar-refractivity contribution in [1.29, 1.82) is 0 Å². The highest BCUT2D eigenvalue weighted by Gasteiger charge is 2.26. The maximum atomic E-state index is 5.70. The molecule has 0 aromatic rings. The monoisotopic (exact) mass is 199 g/mol. The van der Waals surface area contributed by atoms with Gasteiger partial charge >= 0.3 is 0 Å². The first-order chi connectivity index (χ1) is 6.90. The van der Waals surface area contributed by atoms with Gasteiger partial charge in [-0.1, -0.05) is 0 Å². The van der Waals surface area contributed by atoms with E-state index < -0.39 is 0 Å². The Hall–Kier alpha value is -0.120. The number of hydrogen-bond donors (Lipinski definition) is 1. The van der Waals surface area contributed by atoms with Crippen molar-refractivity contribution in [2.45, 2.75) is 25.3 Å². The molecule has 2 rings (SSSR count). The van der Waals surface area contributed by atoms with Crippen molar-refractivity contribution in [3.8, 4) is 0 Å². The molecule has 0 amide bonds. The largest absolute Gasteiger partial charge is 0.381 e. The van der Waals surface area contributed by atoms with Crippen molar-refractivity contribution in [2.75, 3.05) is 33.5 Å². The highest BCUT2D eigenvalue weighted by Crippen LogP contribution is 2.29. The van der Waals surface area contributed by atoms with Crippen LogP contribution in [0.3, 0.4) is 0 Å². The number of ether oxygens (including phenoxy) is 2. The lowest BCUT2D eigenvalue weighted by Crippen LogP contribution is -2.38. The molecular weight excluding hydrogens is 178 g/mol. The molecule has 1 heterocycles. The summed E-state index contributed by atoms with van der Waals surface area (Å²) < 4.78 is 11.1. The molecule has 82 valence electrons. The third-order valence-electron chi connectivity index (χ3n) is 3.25. The van der Waals surface area contributed by atoms with Crippen molar-refractivity contribution in [3.63, 3.8) is 0 Å². The highest BCUT2D eigenvalue weighted by molar-refractivity contribution is 4.79. The highest BCUT2D eigenvalue weighted by atomic mass is 16.5. The van der Waals surface area contributed by atoms with Crippen LogP contribution in [0.4, 0.5) is 0 Å². The number of nitrogens with one attached hydrogen (secondary N) is 1. The van der Waals surface area contributed by atoms with Crippen LogP contribution in [0, 0.1) is 11.8 Å². The van der Waals surface area contributed by atoms with Gasteiger partial charge in [-0.05, 0) is 32.2 Å².